The molecular weight excluding hydrogens is 267 g/mol. The predicted molar refractivity (Wildman–Crippen MR) is 78.5 cm³/mol. The number of halogens is 2. The first-order valence-corrected chi connectivity index (χ1v) is 7.22. The molecule has 0 bridgehead atoms. The van der Waals surface area contributed by atoms with Gasteiger partial charge in [0.05, 0.1) is 10.0 Å². The monoisotopic (exact) mass is 286 g/mol. The summed E-state index contributed by atoms with van der Waals surface area (Å²) >= 11 is 12.0. The van der Waals surface area contributed by atoms with E-state index in [1.165, 1.54) is 24.9 Å². The molecule has 0 amide bonds. The fourth-order valence-electron chi connectivity index (χ4n) is 2.45. The van der Waals surface area contributed by atoms with Gasteiger partial charge in [-0.1, -0.05) is 29.3 Å². The van der Waals surface area contributed by atoms with E-state index in [1.807, 2.05) is 18.2 Å². The normalized spacial score (nSPS) is 22.3. The Labute approximate surface area is 119 Å². The topological polar surface area (TPSA) is 15.3 Å². The van der Waals surface area contributed by atoms with Crippen molar-refractivity contribution in [1.29, 1.82) is 0 Å². The van der Waals surface area contributed by atoms with Crippen LogP contribution in [0.4, 0.5) is 0 Å². The summed E-state index contributed by atoms with van der Waals surface area (Å²) in [6, 6.07) is 6.80. The van der Waals surface area contributed by atoms with Crippen molar-refractivity contribution in [3.63, 3.8) is 0 Å². The van der Waals surface area contributed by atoms with Crippen LogP contribution in [0.3, 0.4) is 0 Å². The molecule has 0 radical (unpaired) electrons. The molecule has 1 heterocycles. The number of nitrogens with zero attached hydrogens (tertiary/aromatic N) is 1. The smallest absolute Gasteiger partial charge is 0.0595 e. The van der Waals surface area contributed by atoms with Crippen molar-refractivity contribution in [1.82, 2.24) is 10.2 Å². The summed E-state index contributed by atoms with van der Waals surface area (Å²) in [6.07, 6.45) is 2.60. The van der Waals surface area contributed by atoms with Crippen molar-refractivity contribution >= 4 is 23.2 Å². The lowest BCUT2D eigenvalue weighted by Crippen LogP contribution is -2.36. The number of hydrogen-bond acceptors (Lipinski definition) is 2. The summed E-state index contributed by atoms with van der Waals surface area (Å²) in [7, 11) is 2.20. The van der Waals surface area contributed by atoms with Crippen LogP contribution in [0.25, 0.3) is 0 Å². The maximum absolute atomic E-state index is 6.04. The van der Waals surface area contributed by atoms with E-state index in [9.17, 15) is 0 Å². The minimum atomic E-state index is 0.300. The van der Waals surface area contributed by atoms with E-state index in [-0.39, 0.29) is 0 Å². The van der Waals surface area contributed by atoms with Crippen LogP contribution in [0.1, 0.15) is 31.4 Å². The molecule has 1 fully saturated rings. The number of hydrogen-bond donors (Lipinski definition) is 1. The van der Waals surface area contributed by atoms with Crippen molar-refractivity contribution in [3.05, 3.63) is 33.8 Å². The van der Waals surface area contributed by atoms with Gasteiger partial charge in [0.1, 0.15) is 0 Å². The minimum absolute atomic E-state index is 0.300. The second kappa shape index (κ2) is 6.25. The van der Waals surface area contributed by atoms with Gasteiger partial charge < -0.3 is 10.2 Å². The average molecular weight is 287 g/mol. The van der Waals surface area contributed by atoms with E-state index in [0.717, 1.165) is 6.54 Å². The predicted octanol–water partition coefficient (Wildman–Crippen LogP) is 3.74. The molecule has 2 nitrogen and oxygen atoms in total. The summed E-state index contributed by atoms with van der Waals surface area (Å²) in [5.41, 5.74) is 1.19. The molecule has 1 aromatic rings. The zero-order valence-electron chi connectivity index (χ0n) is 10.9. The summed E-state index contributed by atoms with van der Waals surface area (Å²) in [6.45, 7) is 4.40. The van der Waals surface area contributed by atoms with Gasteiger partial charge in [-0.15, -0.1) is 0 Å². The zero-order valence-corrected chi connectivity index (χ0v) is 12.4. The maximum Gasteiger partial charge on any atom is 0.0595 e. The van der Waals surface area contributed by atoms with Crippen LogP contribution < -0.4 is 5.32 Å². The third-order valence-corrected chi connectivity index (χ3v) is 4.51. The minimum Gasteiger partial charge on any atom is -0.309 e. The van der Waals surface area contributed by atoms with Gasteiger partial charge >= 0.3 is 0 Å². The molecule has 0 spiro atoms. The van der Waals surface area contributed by atoms with E-state index in [4.69, 9.17) is 23.2 Å². The molecule has 1 aromatic carbocycles. The Morgan fingerprint density at radius 2 is 2.17 bits per heavy atom. The Balaban J connectivity index is 1.90. The highest BCUT2D eigenvalue weighted by molar-refractivity contribution is 6.42. The first-order chi connectivity index (χ1) is 8.58. The van der Waals surface area contributed by atoms with E-state index < -0.39 is 0 Å². The lowest BCUT2D eigenvalue weighted by molar-refractivity contribution is 0.293. The van der Waals surface area contributed by atoms with Crippen LogP contribution in [0.5, 0.6) is 0 Å². The van der Waals surface area contributed by atoms with Crippen molar-refractivity contribution in [2.75, 3.05) is 20.1 Å². The van der Waals surface area contributed by atoms with Crippen LogP contribution in [0.2, 0.25) is 10.0 Å². The van der Waals surface area contributed by atoms with Crippen molar-refractivity contribution in [2.24, 2.45) is 0 Å². The molecule has 2 unspecified atom stereocenters. The number of nitrogens with one attached hydrogen (secondary N) is 1. The van der Waals surface area contributed by atoms with Gasteiger partial charge in [-0.3, -0.25) is 0 Å². The Morgan fingerprint density at radius 1 is 1.39 bits per heavy atom. The number of likely N-dealkylation sites (tertiary alicyclic amines) is 1. The second-order valence-corrected chi connectivity index (χ2v) is 5.89. The number of rotatable bonds is 4. The van der Waals surface area contributed by atoms with Crippen LogP contribution in [-0.2, 0) is 0 Å². The van der Waals surface area contributed by atoms with E-state index >= 15 is 0 Å². The van der Waals surface area contributed by atoms with Gasteiger partial charge in [0.2, 0.25) is 0 Å². The van der Waals surface area contributed by atoms with E-state index in [0.29, 0.717) is 22.1 Å². The standard InChI is InChI=1S/C14H20Cl2N2/c1-10(11-5-6-13(15)14(16)8-11)17-9-12-4-3-7-18(12)2/h5-6,8,10,12,17H,3-4,7,9H2,1-2H3. The molecular formula is C14H20Cl2N2. The second-order valence-electron chi connectivity index (χ2n) is 5.08. The SMILES string of the molecule is CC(NCC1CCCN1C)c1ccc(Cl)c(Cl)c1. The maximum atomic E-state index is 6.04. The molecule has 1 saturated heterocycles. The van der Waals surface area contributed by atoms with Crippen LogP contribution >= 0.6 is 23.2 Å². The molecule has 1 aliphatic heterocycles. The summed E-state index contributed by atoms with van der Waals surface area (Å²) in [5.74, 6) is 0. The molecule has 4 heteroatoms. The van der Waals surface area contributed by atoms with Gasteiger partial charge in [-0.05, 0) is 51.1 Å². The lowest BCUT2D eigenvalue weighted by atomic mass is 10.1. The van der Waals surface area contributed by atoms with Crippen molar-refractivity contribution in [2.45, 2.75) is 31.8 Å². The molecule has 2 atom stereocenters. The molecule has 1 N–H and O–H groups in total. The molecule has 0 aliphatic carbocycles. The molecule has 100 valence electrons. The van der Waals surface area contributed by atoms with Gasteiger partial charge in [-0.2, -0.15) is 0 Å². The third-order valence-electron chi connectivity index (χ3n) is 3.77. The van der Waals surface area contributed by atoms with Crippen molar-refractivity contribution in [3.8, 4) is 0 Å². The molecule has 18 heavy (non-hydrogen) atoms. The zero-order chi connectivity index (χ0) is 13.1. The fourth-order valence-corrected chi connectivity index (χ4v) is 2.76. The summed E-state index contributed by atoms with van der Waals surface area (Å²) in [5, 5.41) is 4.81. The largest absolute Gasteiger partial charge is 0.309 e. The number of benzene rings is 1. The van der Waals surface area contributed by atoms with Crippen LogP contribution in [-0.4, -0.2) is 31.1 Å². The highest BCUT2D eigenvalue weighted by atomic mass is 35.5. The highest BCUT2D eigenvalue weighted by Crippen LogP contribution is 2.25. The summed E-state index contributed by atoms with van der Waals surface area (Å²) in [4.78, 5) is 2.43. The lowest BCUT2D eigenvalue weighted by Gasteiger charge is -2.23. The van der Waals surface area contributed by atoms with Gasteiger partial charge in [0.15, 0.2) is 0 Å². The third kappa shape index (κ3) is 3.39. The molecule has 0 aromatic heterocycles. The molecule has 1 aliphatic rings. The van der Waals surface area contributed by atoms with Crippen molar-refractivity contribution < 1.29 is 0 Å². The van der Waals surface area contributed by atoms with Crippen LogP contribution in [0.15, 0.2) is 18.2 Å². The Bertz CT molecular complexity index is 409. The van der Waals surface area contributed by atoms with Gasteiger partial charge in [0, 0.05) is 18.6 Å². The first-order valence-electron chi connectivity index (χ1n) is 6.46. The summed E-state index contributed by atoms with van der Waals surface area (Å²) < 4.78 is 0. The Morgan fingerprint density at radius 3 is 2.78 bits per heavy atom. The van der Waals surface area contributed by atoms with Crippen LogP contribution in [0, 0.1) is 0 Å². The Hall–Kier alpha value is -0.280. The fraction of sp³-hybridized carbons (Fsp3) is 0.571. The Kier molecular flexibility index (Phi) is 4.91. The quantitative estimate of drug-likeness (QED) is 0.907. The highest BCUT2D eigenvalue weighted by Gasteiger charge is 2.21. The number of likely N-dealkylation sites (N-methyl/N-ethyl adjacent to an activating group) is 1. The van der Waals surface area contributed by atoms with Gasteiger partial charge in [-0.25, -0.2) is 0 Å². The average Bonchev–Trinajstić information content (AvgIpc) is 2.75. The van der Waals surface area contributed by atoms with E-state index in [1.54, 1.807) is 0 Å². The van der Waals surface area contributed by atoms with E-state index in [2.05, 4.69) is 24.2 Å². The first kappa shape index (κ1) is 14.1. The molecule has 0 saturated carbocycles. The van der Waals surface area contributed by atoms with Gasteiger partial charge in [0.25, 0.3) is 0 Å². The molecule has 2 rings (SSSR count).